The van der Waals surface area contributed by atoms with E-state index in [0.29, 0.717) is 5.92 Å². The minimum Gasteiger partial charge on any atom is -0.317 e. The Morgan fingerprint density at radius 1 is 1.12 bits per heavy atom. The summed E-state index contributed by atoms with van der Waals surface area (Å²) in [5, 5.41) is 13.1. The molecule has 0 spiro atoms. The highest BCUT2D eigenvalue weighted by atomic mass is 35.5. The molecular formula is C26H29ClN4O. The van der Waals surface area contributed by atoms with Crippen LogP contribution < -0.4 is 5.32 Å². The Bertz CT molecular complexity index is 1100. The number of nitriles is 1. The summed E-state index contributed by atoms with van der Waals surface area (Å²) in [5.41, 5.74) is 4.19. The van der Waals surface area contributed by atoms with Crippen LogP contribution >= 0.6 is 12.4 Å². The van der Waals surface area contributed by atoms with Crippen molar-refractivity contribution >= 4 is 18.2 Å². The van der Waals surface area contributed by atoms with Crippen molar-refractivity contribution in [3.63, 3.8) is 0 Å². The number of nitrogens with zero attached hydrogens (tertiary/aromatic N) is 3. The number of allylic oxidation sites excluding steroid dienone is 2. The van der Waals surface area contributed by atoms with E-state index >= 15 is 0 Å². The van der Waals surface area contributed by atoms with E-state index in [1.165, 1.54) is 5.56 Å². The number of carbonyl (C=O) groups is 1. The Balaban J connectivity index is 0.00000245. The van der Waals surface area contributed by atoms with Crippen LogP contribution in [0.4, 0.5) is 0 Å². The molecule has 1 aromatic heterocycles. The van der Waals surface area contributed by atoms with E-state index < -0.39 is 5.41 Å². The molecule has 2 aliphatic carbocycles. The van der Waals surface area contributed by atoms with E-state index in [4.69, 9.17) is 9.97 Å². The van der Waals surface area contributed by atoms with Crippen LogP contribution in [-0.2, 0) is 16.6 Å². The predicted octanol–water partition coefficient (Wildman–Crippen LogP) is 4.52. The van der Waals surface area contributed by atoms with Crippen molar-refractivity contribution in [3.05, 3.63) is 59.1 Å². The number of hydrogen-bond donors (Lipinski definition) is 1. The second-order valence-corrected chi connectivity index (χ2v) is 9.40. The van der Waals surface area contributed by atoms with Gasteiger partial charge in [0.05, 0.1) is 17.0 Å². The number of rotatable bonds is 2. The molecule has 2 aromatic rings. The number of aromatic nitrogens is 2. The summed E-state index contributed by atoms with van der Waals surface area (Å²) in [6, 6.07) is 12.5. The van der Waals surface area contributed by atoms with E-state index in [2.05, 4.69) is 42.6 Å². The van der Waals surface area contributed by atoms with E-state index in [0.717, 1.165) is 61.5 Å². The smallest absolute Gasteiger partial charge is 0.176 e. The minimum absolute atomic E-state index is 0. The number of halogens is 1. The molecule has 1 aromatic carbocycles. The lowest BCUT2D eigenvalue weighted by Crippen LogP contribution is -2.46. The maximum atomic E-state index is 12.7. The molecule has 1 fully saturated rings. The normalized spacial score (nSPS) is 27.4. The van der Waals surface area contributed by atoms with Gasteiger partial charge in [-0.05, 0) is 44.7 Å². The van der Waals surface area contributed by atoms with Crippen LogP contribution in [0.2, 0.25) is 0 Å². The largest absolute Gasteiger partial charge is 0.317 e. The monoisotopic (exact) mass is 448 g/mol. The van der Waals surface area contributed by atoms with Crippen LogP contribution in [0.15, 0.2) is 42.0 Å². The third-order valence-electron chi connectivity index (χ3n) is 7.61. The van der Waals surface area contributed by atoms with Gasteiger partial charge in [0, 0.05) is 28.4 Å². The Kier molecular flexibility index (Phi) is 6.20. The Morgan fingerprint density at radius 3 is 2.53 bits per heavy atom. The molecule has 1 saturated heterocycles. The fourth-order valence-corrected chi connectivity index (χ4v) is 5.89. The van der Waals surface area contributed by atoms with Gasteiger partial charge in [-0.1, -0.05) is 50.3 Å². The summed E-state index contributed by atoms with van der Waals surface area (Å²) in [6.07, 6.45) is 5.73. The summed E-state index contributed by atoms with van der Waals surface area (Å²) in [4.78, 5) is 23.1. The third-order valence-corrected chi connectivity index (χ3v) is 7.61. The van der Waals surface area contributed by atoms with Gasteiger partial charge in [0.25, 0.3) is 0 Å². The molecule has 166 valence electrons. The van der Waals surface area contributed by atoms with Crippen LogP contribution in [0.25, 0.3) is 11.3 Å². The summed E-state index contributed by atoms with van der Waals surface area (Å²) >= 11 is 0. The van der Waals surface area contributed by atoms with Crippen molar-refractivity contribution in [2.24, 2.45) is 11.8 Å². The van der Waals surface area contributed by atoms with Crippen molar-refractivity contribution in [3.8, 4) is 17.3 Å². The highest BCUT2D eigenvalue weighted by molar-refractivity contribution is 6.02. The zero-order chi connectivity index (χ0) is 21.6. The number of hydrogen-bond acceptors (Lipinski definition) is 5. The molecule has 0 radical (unpaired) electrons. The van der Waals surface area contributed by atoms with E-state index in [1.807, 2.05) is 19.1 Å². The van der Waals surface area contributed by atoms with E-state index in [1.54, 1.807) is 0 Å². The van der Waals surface area contributed by atoms with Gasteiger partial charge in [0.15, 0.2) is 5.78 Å². The van der Waals surface area contributed by atoms with E-state index in [-0.39, 0.29) is 35.6 Å². The van der Waals surface area contributed by atoms with Crippen LogP contribution in [0.3, 0.4) is 0 Å². The number of fused-ring (bicyclic) bond motifs is 3. The van der Waals surface area contributed by atoms with Crippen LogP contribution in [0.5, 0.6) is 0 Å². The Labute approximate surface area is 195 Å². The quantitative estimate of drug-likeness (QED) is 0.730. The first-order valence-corrected chi connectivity index (χ1v) is 11.4. The molecule has 2 heterocycles. The van der Waals surface area contributed by atoms with Gasteiger partial charge in [-0.15, -0.1) is 12.4 Å². The molecule has 0 bridgehead atoms. The van der Waals surface area contributed by atoms with Crippen molar-refractivity contribution in [2.75, 3.05) is 13.1 Å². The first-order chi connectivity index (χ1) is 15.0. The zero-order valence-corrected chi connectivity index (χ0v) is 19.4. The maximum Gasteiger partial charge on any atom is 0.176 e. The standard InChI is InChI=1S/C26H28N4O.ClH/c1-16-21-9-8-20-22(17-6-4-3-5-7-17)29-25(18-10-12-28-13-11-18)30-24(20)26(21,2)14-19(15-27)23(16)31;/h3-7,14,16,18,21,28H,8-13H2,1-2H3;1H/t16-,21-,26-;/m1./s1. The number of piperidine rings is 1. The van der Waals surface area contributed by atoms with Crippen molar-refractivity contribution in [1.82, 2.24) is 15.3 Å². The summed E-state index contributed by atoms with van der Waals surface area (Å²) in [7, 11) is 0. The molecule has 1 N–H and O–H groups in total. The van der Waals surface area contributed by atoms with Crippen LogP contribution in [0.1, 0.15) is 56.1 Å². The third kappa shape index (κ3) is 3.56. The van der Waals surface area contributed by atoms with Crippen molar-refractivity contribution in [1.29, 1.82) is 5.26 Å². The molecular weight excluding hydrogens is 420 g/mol. The number of ketones is 1. The van der Waals surface area contributed by atoms with Gasteiger partial charge in [0.1, 0.15) is 11.9 Å². The van der Waals surface area contributed by atoms with Gasteiger partial charge >= 0.3 is 0 Å². The molecule has 0 amide bonds. The molecule has 0 unspecified atom stereocenters. The molecule has 5 nitrogen and oxygen atoms in total. The number of carbonyl (C=O) groups excluding carboxylic acids is 1. The minimum atomic E-state index is -0.430. The SMILES string of the molecule is C[C@H]1C(=O)C(C#N)=C[C@@]2(C)c3nc(C4CCNCC4)nc(-c4ccccc4)c3CC[C@H]12.Cl. The first kappa shape index (κ1) is 22.6. The first-order valence-electron chi connectivity index (χ1n) is 11.4. The zero-order valence-electron chi connectivity index (χ0n) is 18.6. The molecule has 3 atom stereocenters. The lowest BCUT2D eigenvalue weighted by Gasteiger charge is -2.46. The van der Waals surface area contributed by atoms with Gasteiger partial charge in [-0.25, -0.2) is 9.97 Å². The van der Waals surface area contributed by atoms with Crippen LogP contribution in [0, 0.1) is 23.2 Å². The van der Waals surface area contributed by atoms with Crippen LogP contribution in [-0.4, -0.2) is 28.8 Å². The molecule has 6 heteroatoms. The fourth-order valence-electron chi connectivity index (χ4n) is 5.89. The average molecular weight is 449 g/mol. The summed E-state index contributed by atoms with van der Waals surface area (Å²) < 4.78 is 0. The number of nitrogens with one attached hydrogen (secondary N) is 1. The maximum absolute atomic E-state index is 12.7. The molecule has 5 rings (SSSR count). The molecule has 1 aliphatic heterocycles. The second kappa shape index (κ2) is 8.77. The average Bonchev–Trinajstić information content (AvgIpc) is 2.82. The van der Waals surface area contributed by atoms with Crippen molar-refractivity contribution < 1.29 is 4.79 Å². The van der Waals surface area contributed by atoms with Gasteiger partial charge in [-0.2, -0.15) is 5.26 Å². The van der Waals surface area contributed by atoms with Gasteiger partial charge < -0.3 is 5.32 Å². The van der Waals surface area contributed by atoms with Crippen molar-refractivity contribution in [2.45, 2.75) is 50.9 Å². The second-order valence-electron chi connectivity index (χ2n) is 9.40. The molecule has 0 saturated carbocycles. The highest BCUT2D eigenvalue weighted by Crippen LogP contribution is 2.50. The summed E-state index contributed by atoms with van der Waals surface area (Å²) in [5.74, 6) is 1.21. The lowest BCUT2D eigenvalue weighted by molar-refractivity contribution is -0.121. The number of benzene rings is 1. The topological polar surface area (TPSA) is 78.7 Å². The van der Waals surface area contributed by atoms with Gasteiger partial charge in [-0.3, -0.25) is 4.79 Å². The Hall–Kier alpha value is -2.55. The van der Waals surface area contributed by atoms with Gasteiger partial charge in [0.2, 0.25) is 0 Å². The lowest BCUT2D eigenvalue weighted by atomic mass is 9.57. The Morgan fingerprint density at radius 2 is 1.84 bits per heavy atom. The fraction of sp³-hybridized carbons (Fsp3) is 0.462. The molecule has 3 aliphatic rings. The van der Waals surface area contributed by atoms with E-state index in [9.17, 15) is 10.1 Å². The predicted molar refractivity (Wildman–Crippen MR) is 127 cm³/mol. The number of Topliss-reactive ketones (excluding diaryl/α,β-unsaturated/α-hetero) is 1. The highest BCUT2D eigenvalue weighted by Gasteiger charge is 2.49. The molecule has 32 heavy (non-hydrogen) atoms. The summed E-state index contributed by atoms with van der Waals surface area (Å²) in [6.45, 7) is 6.11.